The van der Waals surface area contributed by atoms with E-state index < -0.39 is 0 Å². The molecule has 1 aromatic heterocycles. The van der Waals surface area contributed by atoms with Crippen LogP contribution in [-0.2, 0) is 6.54 Å². The van der Waals surface area contributed by atoms with Crippen molar-refractivity contribution in [2.24, 2.45) is 5.92 Å². The second kappa shape index (κ2) is 5.92. The Bertz CT molecular complexity index is 295. The van der Waals surface area contributed by atoms with Crippen molar-refractivity contribution in [2.45, 2.75) is 19.4 Å². The van der Waals surface area contributed by atoms with Crippen molar-refractivity contribution in [3.8, 4) is 0 Å². The number of piperidine rings is 1. The molecule has 0 atom stereocenters. The Balaban J connectivity index is 1.77. The molecular formula is C12H20N4. The molecule has 16 heavy (non-hydrogen) atoms. The topological polar surface area (TPSA) is 41.1 Å². The van der Waals surface area contributed by atoms with Gasteiger partial charge in [0.05, 0.1) is 6.54 Å². The normalized spacial score (nSPS) is 17.9. The van der Waals surface area contributed by atoms with Crippen LogP contribution in [0.4, 0.5) is 0 Å². The number of hydrogen-bond donors (Lipinski definition) is 1. The molecule has 0 aromatic carbocycles. The second-order valence-corrected chi connectivity index (χ2v) is 4.56. The third-order valence-electron chi connectivity index (χ3n) is 3.06. The van der Waals surface area contributed by atoms with E-state index in [1.807, 2.05) is 6.07 Å². The van der Waals surface area contributed by atoms with E-state index >= 15 is 0 Å². The van der Waals surface area contributed by atoms with Gasteiger partial charge >= 0.3 is 0 Å². The van der Waals surface area contributed by atoms with Crippen LogP contribution < -0.4 is 5.32 Å². The van der Waals surface area contributed by atoms with Crippen LogP contribution in [0.5, 0.6) is 0 Å². The van der Waals surface area contributed by atoms with E-state index in [9.17, 15) is 0 Å². The van der Waals surface area contributed by atoms with Gasteiger partial charge in [0.1, 0.15) is 5.82 Å². The average molecular weight is 220 g/mol. The van der Waals surface area contributed by atoms with Crippen LogP contribution >= 0.6 is 0 Å². The average Bonchev–Trinajstić information content (AvgIpc) is 2.31. The van der Waals surface area contributed by atoms with Gasteiger partial charge in [0.25, 0.3) is 0 Å². The van der Waals surface area contributed by atoms with Crippen molar-refractivity contribution in [3.05, 3.63) is 24.3 Å². The van der Waals surface area contributed by atoms with Crippen LogP contribution in [0.1, 0.15) is 18.7 Å². The summed E-state index contributed by atoms with van der Waals surface area (Å²) < 4.78 is 0. The van der Waals surface area contributed by atoms with E-state index in [4.69, 9.17) is 0 Å². The van der Waals surface area contributed by atoms with Crippen LogP contribution in [0.2, 0.25) is 0 Å². The van der Waals surface area contributed by atoms with E-state index in [0.29, 0.717) is 0 Å². The van der Waals surface area contributed by atoms with Crippen molar-refractivity contribution in [2.75, 3.05) is 26.7 Å². The number of aromatic nitrogens is 2. The molecule has 4 heteroatoms. The zero-order valence-corrected chi connectivity index (χ0v) is 9.89. The molecule has 0 unspecified atom stereocenters. The summed E-state index contributed by atoms with van der Waals surface area (Å²) in [6.45, 7) is 4.34. The highest BCUT2D eigenvalue weighted by molar-refractivity contribution is 4.88. The monoisotopic (exact) mass is 220 g/mol. The summed E-state index contributed by atoms with van der Waals surface area (Å²) in [5.74, 6) is 1.74. The Morgan fingerprint density at radius 1 is 1.31 bits per heavy atom. The highest BCUT2D eigenvalue weighted by Crippen LogP contribution is 2.13. The van der Waals surface area contributed by atoms with E-state index in [-0.39, 0.29) is 0 Å². The van der Waals surface area contributed by atoms with Gasteiger partial charge < -0.3 is 5.32 Å². The van der Waals surface area contributed by atoms with Crippen molar-refractivity contribution >= 4 is 0 Å². The van der Waals surface area contributed by atoms with Gasteiger partial charge in [-0.15, -0.1) is 0 Å². The molecule has 0 aliphatic carbocycles. The van der Waals surface area contributed by atoms with Gasteiger partial charge in [-0.3, -0.25) is 4.90 Å². The van der Waals surface area contributed by atoms with Gasteiger partial charge in [-0.1, -0.05) is 0 Å². The molecule has 0 bridgehead atoms. The van der Waals surface area contributed by atoms with E-state index in [2.05, 4.69) is 27.2 Å². The lowest BCUT2D eigenvalue weighted by molar-refractivity contribution is 0.230. The minimum Gasteiger partial charge on any atom is -0.317 e. The molecule has 2 heterocycles. The predicted octanol–water partition coefficient (Wildman–Crippen LogP) is 0.908. The summed E-state index contributed by atoms with van der Waals surface area (Å²) in [5, 5.41) is 3.39. The zero-order valence-electron chi connectivity index (χ0n) is 9.89. The fourth-order valence-corrected chi connectivity index (χ4v) is 2.22. The highest BCUT2D eigenvalue weighted by Gasteiger charge is 2.15. The number of rotatable bonds is 4. The van der Waals surface area contributed by atoms with Gasteiger partial charge in [0, 0.05) is 18.9 Å². The summed E-state index contributed by atoms with van der Waals surface area (Å²) in [6, 6.07) is 1.86. The van der Waals surface area contributed by atoms with Crippen LogP contribution in [0.3, 0.4) is 0 Å². The first kappa shape index (κ1) is 11.5. The molecule has 0 spiro atoms. The number of nitrogens with one attached hydrogen (secondary N) is 1. The summed E-state index contributed by atoms with van der Waals surface area (Å²) >= 11 is 0. The number of nitrogens with zero attached hydrogens (tertiary/aromatic N) is 3. The third kappa shape index (κ3) is 3.54. The molecule has 0 radical (unpaired) electrons. The Labute approximate surface area is 97.1 Å². The molecule has 1 saturated heterocycles. The Morgan fingerprint density at radius 3 is 2.69 bits per heavy atom. The van der Waals surface area contributed by atoms with E-state index in [1.54, 1.807) is 12.4 Å². The Kier molecular flexibility index (Phi) is 4.25. The lowest BCUT2D eigenvalue weighted by Crippen LogP contribution is -2.34. The van der Waals surface area contributed by atoms with Gasteiger partial charge in [-0.2, -0.15) is 0 Å². The molecular weight excluding hydrogens is 200 g/mol. The first-order chi connectivity index (χ1) is 7.84. The van der Waals surface area contributed by atoms with Crippen LogP contribution in [-0.4, -0.2) is 41.5 Å². The van der Waals surface area contributed by atoms with Crippen molar-refractivity contribution < 1.29 is 0 Å². The third-order valence-corrected chi connectivity index (χ3v) is 3.06. The largest absolute Gasteiger partial charge is 0.317 e. The number of hydrogen-bond acceptors (Lipinski definition) is 4. The van der Waals surface area contributed by atoms with Crippen molar-refractivity contribution in [1.29, 1.82) is 0 Å². The van der Waals surface area contributed by atoms with Crippen molar-refractivity contribution in [3.63, 3.8) is 0 Å². The zero-order chi connectivity index (χ0) is 11.2. The minimum atomic E-state index is 0.829. The molecule has 1 aromatic rings. The maximum Gasteiger partial charge on any atom is 0.142 e. The fraction of sp³-hybridized carbons (Fsp3) is 0.667. The van der Waals surface area contributed by atoms with E-state index in [0.717, 1.165) is 24.8 Å². The van der Waals surface area contributed by atoms with Gasteiger partial charge in [-0.25, -0.2) is 9.97 Å². The molecule has 1 aliphatic heterocycles. The van der Waals surface area contributed by atoms with Gasteiger partial charge in [-0.05, 0) is 45.0 Å². The lowest BCUT2D eigenvalue weighted by Gasteiger charge is -2.27. The SMILES string of the molecule is CN(Cc1ncccn1)CC1CCNCC1. The molecule has 4 nitrogen and oxygen atoms in total. The second-order valence-electron chi connectivity index (χ2n) is 4.56. The first-order valence-electron chi connectivity index (χ1n) is 6.00. The Hall–Kier alpha value is -1.00. The molecule has 0 saturated carbocycles. The van der Waals surface area contributed by atoms with Crippen LogP contribution in [0.15, 0.2) is 18.5 Å². The van der Waals surface area contributed by atoms with E-state index in [1.165, 1.54) is 25.9 Å². The molecule has 88 valence electrons. The van der Waals surface area contributed by atoms with Crippen LogP contribution in [0.25, 0.3) is 0 Å². The molecule has 1 fully saturated rings. The molecule has 2 rings (SSSR count). The molecule has 1 aliphatic rings. The predicted molar refractivity (Wildman–Crippen MR) is 64.0 cm³/mol. The lowest BCUT2D eigenvalue weighted by atomic mass is 9.98. The molecule has 1 N–H and O–H groups in total. The van der Waals surface area contributed by atoms with Gasteiger partial charge in [0.15, 0.2) is 0 Å². The van der Waals surface area contributed by atoms with Crippen LogP contribution in [0, 0.1) is 5.92 Å². The first-order valence-corrected chi connectivity index (χ1v) is 6.00. The quantitative estimate of drug-likeness (QED) is 0.819. The Morgan fingerprint density at radius 2 is 2.00 bits per heavy atom. The van der Waals surface area contributed by atoms with Crippen molar-refractivity contribution in [1.82, 2.24) is 20.2 Å². The summed E-state index contributed by atoms with van der Waals surface area (Å²) in [4.78, 5) is 10.8. The fourth-order valence-electron chi connectivity index (χ4n) is 2.22. The maximum absolute atomic E-state index is 4.25. The maximum atomic E-state index is 4.25. The molecule has 0 amide bonds. The minimum absolute atomic E-state index is 0.829. The van der Waals surface area contributed by atoms with Gasteiger partial charge in [0.2, 0.25) is 0 Å². The standard InChI is InChI=1S/C12H20N4/c1-16(9-11-3-7-13-8-4-11)10-12-14-5-2-6-15-12/h2,5-6,11,13H,3-4,7-10H2,1H3. The summed E-state index contributed by atoms with van der Waals surface area (Å²) in [7, 11) is 2.15. The summed E-state index contributed by atoms with van der Waals surface area (Å²) in [5.41, 5.74) is 0. The summed E-state index contributed by atoms with van der Waals surface area (Å²) in [6.07, 6.45) is 6.20. The smallest absolute Gasteiger partial charge is 0.142 e. The highest BCUT2D eigenvalue weighted by atomic mass is 15.1.